The first-order valence-electron chi connectivity index (χ1n) is 16.2. The largest absolute Gasteiger partial charge is 0.459 e. The molecule has 4 aromatic carbocycles. The van der Waals surface area contributed by atoms with E-state index in [9.17, 15) is 9.59 Å². The van der Waals surface area contributed by atoms with Gasteiger partial charge in [0.1, 0.15) is 6.61 Å². The molecule has 0 bridgehead atoms. The zero-order valence-electron chi connectivity index (χ0n) is 25.4. The zero-order valence-corrected chi connectivity index (χ0v) is 25.4. The van der Waals surface area contributed by atoms with E-state index in [1.165, 1.54) is 35.9 Å². The summed E-state index contributed by atoms with van der Waals surface area (Å²) in [5, 5.41) is 8.00. The summed E-state index contributed by atoms with van der Waals surface area (Å²) in [7, 11) is 0. The maximum Gasteiger partial charge on any atom is 0.333 e. The lowest BCUT2D eigenvalue weighted by Gasteiger charge is -2.37. The number of aromatic nitrogens is 1. The number of fused-ring (bicyclic) bond motifs is 3. The van der Waals surface area contributed by atoms with Gasteiger partial charge in [-0.3, -0.25) is 10.1 Å². The van der Waals surface area contributed by atoms with E-state index in [4.69, 9.17) is 4.74 Å². The van der Waals surface area contributed by atoms with Gasteiger partial charge in [-0.25, -0.2) is 4.79 Å². The molecule has 228 valence electrons. The van der Waals surface area contributed by atoms with Crippen LogP contribution in [0, 0.1) is 5.92 Å². The van der Waals surface area contributed by atoms with E-state index < -0.39 is 18.1 Å². The average molecular weight is 598 g/mol. The predicted octanol–water partition coefficient (Wildman–Crippen LogP) is 7.57. The molecular formula is C39H39N3O3. The molecule has 3 N–H and O–H groups in total. The Morgan fingerprint density at radius 2 is 1.44 bits per heavy atom. The van der Waals surface area contributed by atoms with Crippen LogP contribution in [0.4, 0.5) is 0 Å². The number of carbonyl (C=O) groups is 2. The van der Waals surface area contributed by atoms with E-state index in [0.29, 0.717) is 17.9 Å². The van der Waals surface area contributed by atoms with E-state index in [1.807, 2.05) is 78.9 Å². The number of H-pyrrole nitrogens is 1. The molecule has 1 fully saturated rings. The van der Waals surface area contributed by atoms with E-state index in [-0.39, 0.29) is 18.6 Å². The van der Waals surface area contributed by atoms with Gasteiger partial charge in [0, 0.05) is 16.6 Å². The summed E-state index contributed by atoms with van der Waals surface area (Å²) in [5.41, 5.74) is 7.23. The topological polar surface area (TPSA) is 83.2 Å². The number of carbonyl (C=O) groups excluding carboxylic acids is 2. The first-order chi connectivity index (χ1) is 22.1. The molecule has 2 heterocycles. The molecule has 1 aliphatic carbocycles. The molecule has 1 unspecified atom stereocenters. The van der Waals surface area contributed by atoms with Gasteiger partial charge in [0.25, 0.3) is 0 Å². The smallest absolute Gasteiger partial charge is 0.333 e. The van der Waals surface area contributed by atoms with Crippen LogP contribution < -0.4 is 10.6 Å². The Morgan fingerprint density at radius 1 is 0.778 bits per heavy atom. The Balaban J connectivity index is 1.16. The Bertz CT molecular complexity index is 1760. The summed E-state index contributed by atoms with van der Waals surface area (Å²) in [4.78, 5) is 31.5. The lowest BCUT2D eigenvalue weighted by atomic mass is 9.79. The third-order valence-electron chi connectivity index (χ3n) is 9.48. The number of nitrogens with one attached hydrogen (secondary N) is 3. The molecule has 1 aromatic heterocycles. The van der Waals surface area contributed by atoms with Crippen LogP contribution in [-0.2, 0) is 27.4 Å². The molecule has 6 heteroatoms. The Labute approximate surface area is 264 Å². The SMILES string of the molecule is O=C(OCc1ccccc1)C(NC(=O)[C@H]1Cc2c([nH]c3ccccc23)[C@H](C2CCCCC2)N1)c1ccc(-c2ccccc2)cc1. The van der Waals surface area contributed by atoms with Crippen LogP contribution in [-0.4, -0.2) is 22.9 Å². The summed E-state index contributed by atoms with van der Waals surface area (Å²) in [5.74, 6) is -0.217. The Kier molecular flexibility index (Phi) is 8.48. The fourth-order valence-electron chi connectivity index (χ4n) is 7.11. The van der Waals surface area contributed by atoms with Gasteiger partial charge in [-0.05, 0) is 59.1 Å². The first kappa shape index (κ1) is 29.1. The standard InChI is InChI=1S/C39H39N3O3/c43-38(34-24-32-31-18-10-11-19-33(31)40-37(32)35(41-34)29-16-8-3-9-17-29)42-36(39(44)45-25-26-12-4-1-5-13-26)30-22-20-28(21-23-30)27-14-6-2-7-15-27/h1-2,4-7,10-15,18-23,29,34-36,40-41H,3,8-9,16-17,24-25H2,(H,42,43)/t34-,35+,36?/m1/s1. The normalized spacial score (nSPS) is 19.0. The molecule has 1 amide bonds. The van der Waals surface area contributed by atoms with Crippen LogP contribution in [0.25, 0.3) is 22.0 Å². The fraction of sp³-hybridized carbons (Fsp3) is 0.282. The number of rotatable bonds is 8. The number of para-hydroxylation sites is 1. The van der Waals surface area contributed by atoms with E-state index in [0.717, 1.165) is 35.0 Å². The maximum atomic E-state index is 14.2. The van der Waals surface area contributed by atoms with Crippen molar-refractivity contribution in [1.82, 2.24) is 15.6 Å². The lowest BCUT2D eigenvalue weighted by molar-refractivity contribution is -0.149. The van der Waals surface area contributed by atoms with Crippen molar-refractivity contribution in [3.63, 3.8) is 0 Å². The van der Waals surface area contributed by atoms with Gasteiger partial charge in [-0.15, -0.1) is 0 Å². The highest BCUT2D eigenvalue weighted by molar-refractivity contribution is 5.91. The molecule has 1 aliphatic heterocycles. The van der Waals surface area contributed by atoms with Crippen molar-refractivity contribution in [2.75, 3.05) is 0 Å². The minimum Gasteiger partial charge on any atom is -0.459 e. The van der Waals surface area contributed by atoms with Crippen LogP contribution in [0.2, 0.25) is 0 Å². The molecule has 1 saturated carbocycles. The van der Waals surface area contributed by atoms with E-state index in [1.54, 1.807) is 0 Å². The highest BCUT2D eigenvalue weighted by Gasteiger charge is 2.38. The van der Waals surface area contributed by atoms with Gasteiger partial charge in [0.05, 0.1) is 12.1 Å². The maximum absolute atomic E-state index is 14.2. The van der Waals surface area contributed by atoms with Gasteiger partial charge in [-0.1, -0.05) is 122 Å². The van der Waals surface area contributed by atoms with Crippen molar-refractivity contribution in [2.45, 2.75) is 63.3 Å². The number of amides is 1. The third kappa shape index (κ3) is 6.29. The number of hydrogen-bond donors (Lipinski definition) is 3. The number of hydrogen-bond acceptors (Lipinski definition) is 4. The van der Waals surface area contributed by atoms with Crippen molar-refractivity contribution >= 4 is 22.8 Å². The predicted molar refractivity (Wildman–Crippen MR) is 177 cm³/mol. The van der Waals surface area contributed by atoms with Gasteiger partial charge in [0.2, 0.25) is 5.91 Å². The number of esters is 1. The van der Waals surface area contributed by atoms with Gasteiger partial charge < -0.3 is 15.0 Å². The van der Waals surface area contributed by atoms with Crippen LogP contribution in [0.5, 0.6) is 0 Å². The minimum absolute atomic E-state index is 0.0610. The molecule has 45 heavy (non-hydrogen) atoms. The van der Waals surface area contributed by atoms with Gasteiger partial charge >= 0.3 is 5.97 Å². The summed E-state index contributed by atoms with van der Waals surface area (Å²) in [6.45, 7) is 0.137. The van der Waals surface area contributed by atoms with Crippen molar-refractivity contribution in [1.29, 1.82) is 0 Å². The van der Waals surface area contributed by atoms with Crippen LogP contribution in [0.3, 0.4) is 0 Å². The average Bonchev–Trinajstić information content (AvgIpc) is 3.49. The molecule has 0 saturated heterocycles. The number of aromatic amines is 1. The van der Waals surface area contributed by atoms with E-state index in [2.05, 4.69) is 45.9 Å². The quantitative estimate of drug-likeness (QED) is 0.161. The minimum atomic E-state index is -0.940. The lowest BCUT2D eigenvalue weighted by Crippen LogP contribution is -2.52. The van der Waals surface area contributed by atoms with Crippen molar-refractivity contribution in [3.05, 3.63) is 132 Å². The van der Waals surface area contributed by atoms with Crippen LogP contribution in [0.15, 0.2) is 109 Å². The summed E-state index contributed by atoms with van der Waals surface area (Å²) in [6.07, 6.45) is 6.52. The van der Waals surface area contributed by atoms with Crippen LogP contribution >= 0.6 is 0 Å². The van der Waals surface area contributed by atoms with Crippen LogP contribution in [0.1, 0.15) is 66.6 Å². The Hall–Kier alpha value is -4.68. The Morgan fingerprint density at radius 3 is 2.20 bits per heavy atom. The fourth-order valence-corrected chi connectivity index (χ4v) is 7.11. The van der Waals surface area contributed by atoms with Crippen molar-refractivity contribution < 1.29 is 14.3 Å². The molecule has 3 atom stereocenters. The second-order valence-electron chi connectivity index (χ2n) is 12.4. The molecule has 0 spiro atoms. The second-order valence-corrected chi connectivity index (χ2v) is 12.4. The highest BCUT2D eigenvalue weighted by Crippen LogP contribution is 2.40. The van der Waals surface area contributed by atoms with Gasteiger partial charge in [-0.2, -0.15) is 0 Å². The monoisotopic (exact) mass is 597 g/mol. The summed E-state index contributed by atoms with van der Waals surface area (Å²) < 4.78 is 5.79. The van der Waals surface area contributed by atoms with Crippen molar-refractivity contribution in [3.8, 4) is 11.1 Å². The molecule has 6 nitrogen and oxygen atoms in total. The van der Waals surface area contributed by atoms with E-state index >= 15 is 0 Å². The van der Waals surface area contributed by atoms with Gasteiger partial charge in [0.15, 0.2) is 6.04 Å². The third-order valence-corrected chi connectivity index (χ3v) is 9.48. The molecular weight excluding hydrogens is 558 g/mol. The molecule has 2 aliphatic rings. The number of benzene rings is 4. The highest BCUT2D eigenvalue weighted by atomic mass is 16.5. The molecule has 0 radical (unpaired) electrons. The summed E-state index contributed by atoms with van der Waals surface area (Å²) in [6, 6.07) is 34.5. The molecule has 5 aromatic rings. The molecule has 7 rings (SSSR count). The zero-order chi connectivity index (χ0) is 30.6. The summed E-state index contributed by atoms with van der Waals surface area (Å²) >= 11 is 0. The second kappa shape index (κ2) is 13.1. The first-order valence-corrected chi connectivity index (χ1v) is 16.2. The number of ether oxygens (including phenoxy) is 1. The van der Waals surface area contributed by atoms with Crippen molar-refractivity contribution in [2.24, 2.45) is 5.92 Å².